The maximum absolute atomic E-state index is 12.7. The number of hydrogen-bond acceptors (Lipinski definition) is 6. The number of phenols is 2. The summed E-state index contributed by atoms with van der Waals surface area (Å²) in [6.07, 6.45) is 6.70. The van der Waals surface area contributed by atoms with Crippen LogP contribution in [0.4, 0.5) is 0 Å². The highest BCUT2D eigenvalue weighted by molar-refractivity contribution is 6.13. The average molecular weight is 491 g/mol. The molecule has 188 valence electrons. The molecule has 8 heteroatoms. The van der Waals surface area contributed by atoms with E-state index in [2.05, 4.69) is 46.7 Å². The number of esters is 1. The molecule has 0 spiro atoms. The molecule has 4 heterocycles. The molecular weight excluding hydrogens is 460 g/mol. The van der Waals surface area contributed by atoms with E-state index in [0.717, 1.165) is 50.0 Å². The summed E-state index contributed by atoms with van der Waals surface area (Å²) in [7, 11) is 1.49. The third-order valence-electron chi connectivity index (χ3n) is 7.86. The number of fused-ring (bicyclic) bond motifs is 3. The lowest BCUT2D eigenvalue weighted by Crippen LogP contribution is -2.51. The van der Waals surface area contributed by atoms with Crippen molar-refractivity contribution in [1.29, 1.82) is 0 Å². The minimum Gasteiger partial charge on any atom is -0.508 e. The van der Waals surface area contributed by atoms with E-state index >= 15 is 0 Å². The van der Waals surface area contributed by atoms with Gasteiger partial charge < -0.3 is 24.6 Å². The molecule has 8 nitrogen and oxygen atoms in total. The Morgan fingerprint density at radius 1 is 1.14 bits per heavy atom. The molecule has 0 radical (unpaired) electrons. The quantitative estimate of drug-likeness (QED) is 0.462. The number of para-hydroxylation sites is 1. The summed E-state index contributed by atoms with van der Waals surface area (Å²) in [5, 5.41) is 27.4. The van der Waals surface area contributed by atoms with Crippen molar-refractivity contribution in [2.45, 2.75) is 38.6 Å². The van der Waals surface area contributed by atoms with Crippen LogP contribution in [0.3, 0.4) is 0 Å². The number of carboxylic acids is 1. The van der Waals surface area contributed by atoms with Crippen molar-refractivity contribution in [2.75, 3.05) is 20.2 Å². The first-order valence-corrected chi connectivity index (χ1v) is 12.2. The lowest BCUT2D eigenvalue weighted by Gasteiger charge is -2.53. The molecule has 36 heavy (non-hydrogen) atoms. The summed E-state index contributed by atoms with van der Waals surface area (Å²) >= 11 is 0. The molecule has 0 aliphatic carbocycles. The fraction of sp³-hybridized carbons (Fsp3) is 0.357. The van der Waals surface area contributed by atoms with Gasteiger partial charge in [-0.25, -0.2) is 9.59 Å². The van der Waals surface area contributed by atoms with Crippen molar-refractivity contribution in [3.8, 4) is 11.5 Å². The van der Waals surface area contributed by atoms with Gasteiger partial charge in [0.05, 0.1) is 18.7 Å². The van der Waals surface area contributed by atoms with Gasteiger partial charge in [-0.3, -0.25) is 4.90 Å². The molecule has 3 aliphatic heterocycles. The Balaban J connectivity index is 0.000000205. The van der Waals surface area contributed by atoms with Crippen LogP contribution in [0.1, 0.15) is 53.8 Å². The van der Waals surface area contributed by atoms with Crippen LogP contribution in [0.2, 0.25) is 0 Å². The molecule has 1 saturated heterocycles. The molecule has 0 saturated carbocycles. The van der Waals surface area contributed by atoms with Crippen molar-refractivity contribution >= 4 is 28.5 Å². The first-order chi connectivity index (χ1) is 17.3. The second-order valence-electron chi connectivity index (χ2n) is 9.62. The number of hydrogen-bond donors (Lipinski definition) is 3. The standard InChI is InChI=1S/C21H24N2O2.C7H6O4/c1-3-21-10-6-11-22-12-9-15-14-7-4-5-8-16(14)23(18(15)19(21)22)17(13-21)20(24)25-2;8-4-1-2-5(7(10)11)6(9)3-4/h4-5,7-8,13,19H,3,6,9-12H2,1-2H3;1-3,8-9H,(H,10,11)/t19-,21+;/m1./s1. The molecule has 2 aromatic carbocycles. The minimum atomic E-state index is -1.22. The maximum atomic E-state index is 12.7. The van der Waals surface area contributed by atoms with E-state index in [1.807, 2.05) is 0 Å². The molecule has 2 atom stereocenters. The number of benzene rings is 2. The predicted octanol–water partition coefficient (Wildman–Crippen LogP) is 4.55. The van der Waals surface area contributed by atoms with E-state index in [1.54, 1.807) is 0 Å². The molecule has 1 aromatic heterocycles. The largest absolute Gasteiger partial charge is 0.508 e. The van der Waals surface area contributed by atoms with Crippen LogP contribution in [0.25, 0.3) is 16.6 Å². The SMILES string of the molecule is CC[C@@]12C=C(C(=O)OC)n3c4c(c5ccccc53)CCN(CCC1)[C@H]42.O=C(O)c1ccc(O)cc1O. The van der Waals surface area contributed by atoms with Gasteiger partial charge in [0.25, 0.3) is 0 Å². The van der Waals surface area contributed by atoms with Gasteiger partial charge in [-0.15, -0.1) is 0 Å². The average Bonchev–Trinajstić information content (AvgIpc) is 3.22. The van der Waals surface area contributed by atoms with E-state index in [-0.39, 0.29) is 22.7 Å². The minimum absolute atomic E-state index is 0.0430. The number of rotatable bonds is 3. The zero-order valence-electron chi connectivity index (χ0n) is 20.4. The number of carbonyl (C=O) groups excluding carboxylic acids is 1. The van der Waals surface area contributed by atoms with Crippen LogP contribution < -0.4 is 0 Å². The first-order valence-electron chi connectivity index (χ1n) is 12.2. The summed E-state index contributed by atoms with van der Waals surface area (Å²) < 4.78 is 7.38. The van der Waals surface area contributed by atoms with Crippen LogP contribution in [-0.2, 0) is 16.0 Å². The highest BCUT2D eigenvalue weighted by Gasteiger charge is 2.51. The molecule has 1 fully saturated rings. The second kappa shape index (κ2) is 9.02. The highest BCUT2D eigenvalue weighted by atomic mass is 16.5. The molecule has 3 aliphatic rings. The van der Waals surface area contributed by atoms with Crippen molar-refractivity contribution in [3.63, 3.8) is 0 Å². The van der Waals surface area contributed by atoms with Crippen LogP contribution >= 0.6 is 0 Å². The monoisotopic (exact) mass is 490 g/mol. The van der Waals surface area contributed by atoms with Gasteiger partial charge in [0.15, 0.2) is 0 Å². The van der Waals surface area contributed by atoms with Crippen LogP contribution in [0.5, 0.6) is 11.5 Å². The van der Waals surface area contributed by atoms with Gasteiger partial charge in [-0.1, -0.05) is 25.1 Å². The number of aromatic nitrogens is 1. The topological polar surface area (TPSA) is 112 Å². The highest BCUT2D eigenvalue weighted by Crippen LogP contribution is 2.57. The third-order valence-corrected chi connectivity index (χ3v) is 7.86. The van der Waals surface area contributed by atoms with E-state index < -0.39 is 11.7 Å². The van der Waals surface area contributed by atoms with E-state index in [9.17, 15) is 9.59 Å². The summed E-state index contributed by atoms with van der Waals surface area (Å²) in [4.78, 5) is 25.6. The fourth-order valence-corrected chi connectivity index (χ4v) is 6.23. The van der Waals surface area contributed by atoms with Gasteiger partial charge in [-0.2, -0.15) is 0 Å². The fourth-order valence-electron chi connectivity index (χ4n) is 6.23. The van der Waals surface area contributed by atoms with Crippen LogP contribution in [0.15, 0.2) is 48.5 Å². The van der Waals surface area contributed by atoms with Crippen molar-refractivity contribution in [1.82, 2.24) is 9.47 Å². The number of nitrogens with zero attached hydrogens (tertiary/aromatic N) is 2. The Morgan fingerprint density at radius 3 is 2.61 bits per heavy atom. The Morgan fingerprint density at radius 2 is 1.92 bits per heavy atom. The number of phenolic OH excluding ortho intramolecular Hbond substituents is 1. The Bertz CT molecular complexity index is 1390. The number of piperidine rings is 1. The van der Waals surface area contributed by atoms with Crippen molar-refractivity contribution < 1.29 is 29.6 Å². The molecule has 3 N–H and O–H groups in total. The second-order valence-corrected chi connectivity index (χ2v) is 9.62. The zero-order chi connectivity index (χ0) is 25.6. The molecule has 3 aromatic rings. The summed E-state index contributed by atoms with van der Waals surface area (Å²) in [6, 6.07) is 12.2. The predicted molar refractivity (Wildman–Crippen MR) is 135 cm³/mol. The molecule has 0 unspecified atom stereocenters. The maximum Gasteiger partial charge on any atom is 0.354 e. The summed E-state index contributed by atoms with van der Waals surface area (Å²) in [5.74, 6) is -2.04. The van der Waals surface area contributed by atoms with E-state index in [1.165, 1.54) is 36.2 Å². The van der Waals surface area contributed by atoms with Crippen molar-refractivity contribution in [3.05, 3.63) is 65.4 Å². The van der Waals surface area contributed by atoms with E-state index in [4.69, 9.17) is 20.1 Å². The Hall–Kier alpha value is -3.78. The lowest BCUT2D eigenvalue weighted by molar-refractivity contribution is -0.134. The third kappa shape index (κ3) is 3.64. The number of ether oxygens (including phenoxy) is 1. The van der Waals surface area contributed by atoms with E-state index in [0.29, 0.717) is 11.7 Å². The zero-order valence-corrected chi connectivity index (χ0v) is 20.4. The molecule has 0 amide bonds. The molecule has 6 rings (SSSR count). The number of aromatic hydroxyl groups is 2. The van der Waals surface area contributed by atoms with Gasteiger partial charge in [0, 0.05) is 29.1 Å². The number of carbonyl (C=O) groups is 2. The van der Waals surface area contributed by atoms with Gasteiger partial charge >= 0.3 is 11.9 Å². The Kier molecular flexibility index (Phi) is 6.00. The van der Waals surface area contributed by atoms with Gasteiger partial charge in [0.1, 0.15) is 22.8 Å². The number of methoxy groups -OCH3 is 1. The summed E-state index contributed by atoms with van der Waals surface area (Å²) in [5.41, 5.74) is 4.45. The van der Waals surface area contributed by atoms with Crippen LogP contribution in [0, 0.1) is 5.41 Å². The van der Waals surface area contributed by atoms with Gasteiger partial charge in [-0.05, 0) is 62.1 Å². The smallest absolute Gasteiger partial charge is 0.354 e. The van der Waals surface area contributed by atoms with Gasteiger partial charge in [0.2, 0.25) is 0 Å². The number of carboxylic acid groups (broad SMARTS) is 1. The normalized spacial score (nSPS) is 22.2. The lowest BCUT2D eigenvalue weighted by atomic mass is 9.66. The van der Waals surface area contributed by atoms with Crippen molar-refractivity contribution in [2.24, 2.45) is 5.41 Å². The number of aromatic carboxylic acids is 1. The first kappa shape index (κ1) is 23.9. The summed E-state index contributed by atoms with van der Waals surface area (Å²) in [6.45, 7) is 4.55. The van der Waals surface area contributed by atoms with Crippen LogP contribution in [-0.4, -0.2) is 56.9 Å². The molecular formula is C28H30N2O6. The molecule has 0 bridgehead atoms. The Labute approximate surface area is 209 Å².